The van der Waals surface area contributed by atoms with E-state index in [-0.39, 0.29) is 12.0 Å². The van der Waals surface area contributed by atoms with Gasteiger partial charge in [0.2, 0.25) is 5.91 Å². The fourth-order valence-corrected chi connectivity index (χ4v) is 2.27. The number of hydrogen-bond donors (Lipinski definition) is 1. The van der Waals surface area contributed by atoms with Gasteiger partial charge in [-0.1, -0.05) is 29.8 Å². The number of carbonyl (C=O) groups excluding carboxylic acids is 1. The van der Waals surface area contributed by atoms with Crippen LogP contribution >= 0.6 is 11.6 Å². The molecule has 2 rings (SSSR count). The number of hydrogen-bond acceptors (Lipinski definition) is 3. The standard InChI is InChI=1S/C14H19ClN2O2/c1-17(10-11-4-2-3-5-13(11)15)14(18)8-12-9-16-6-7-19-12/h2-5,12,16H,6-10H2,1H3. The molecule has 0 aromatic heterocycles. The number of ether oxygens (including phenoxy) is 1. The topological polar surface area (TPSA) is 41.6 Å². The number of nitrogens with one attached hydrogen (secondary N) is 1. The zero-order valence-electron chi connectivity index (χ0n) is 11.1. The Labute approximate surface area is 118 Å². The summed E-state index contributed by atoms with van der Waals surface area (Å²) in [5.74, 6) is 0.0774. The van der Waals surface area contributed by atoms with Gasteiger partial charge in [0, 0.05) is 31.7 Å². The van der Waals surface area contributed by atoms with Crippen molar-refractivity contribution in [2.45, 2.75) is 19.1 Å². The van der Waals surface area contributed by atoms with E-state index in [1.165, 1.54) is 0 Å². The minimum Gasteiger partial charge on any atom is -0.375 e. The second-order valence-electron chi connectivity index (χ2n) is 4.74. The van der Waals surface area contributed by atoms with Crippen LogP contribution in [0.2, 0.25) is 5.02 Å². The quantitative estimate of drug-likeness (QED) is 0.914. The van der Waals surface area contributed by atoms with Crippen molar-refractivity contribution in [3.05, 3.63) is 34.9 Å². The predicted octanol–water partition coefficient (Wildman–Crippen LogP) is 1.68. The zero-order chi connectivity index (χ0) is 13.7. The Kier molecular flexibility index (Phi) is 5.19. The average Bonchev–Trinajstić information content (AvgIpc) is 2.42. The monoisotopic (exact) mass is 282 g/mol. The molecule has 0 radical (unpaired) electrons. The van der Waals surface area contributed by atoms with Crippen molar-refractivity contribution in [1.82, 2.24) is 10.2 Å². The molecule has 5 heteroatoms. The minimum atomic E-state index is -0.0186. The van der Waals surface area contributed by atoms with Crippen molar-refractivity contribution in [2.24, 2.45) is 0 Å². The summed E-state index contributed by atoms with van der Waals surface area (Å²) in [6.45, 7) is 2.80. The molecule has 104 valence electrons. The van der Waals surface area contributed by atoms with Crippen LogP contribution < -0.4 is 5.32 Å². The SMILES string of the molecule is CN(Cc1ccccc1Cl)C(=O)CC1CNCCO1. The molecule has 1 heterocycles. The highest BCUT2D eigenvalue weighted by molar-refractivity contribution is 6.31. The third kappa shape index (κ3) is 4.20. The molecule has 1 aliphatic rings. The van der Waals surface area contributed by atoms with Crippen molar-refractivity contribution < 1.29 is 9.53 Å². The highest BCUT2D eigenvalue weighted by Crippen LogP contribution is 2.17. The van der Waals surface area contributed by atoms with Gasteiger partial charge in [0.25, 0.3) is 0 Å². The summed E-state index contributed by atoms with van der Waals surface area (Å²) in [5.41, 5.74) is 0.961. The summed E-state index contributed by atoms with van der Waals surface area (Å²) in [4.78, 5) is 13.8. The van der Waals surface area contributed by atoms with Gasteiger partial charge < -0.3 is 15.0 Å². The second-order valence-corrected chi connectivity index (χ2v) is 5.15. The van der Waals surface area contributed by atoms with Crippen molar-refractivity contribution in [3.63, 3.8) is 0 Å². The summed E-state index contributed by atoms with van der Waals surface area (Å²) in [5, 5.41) is 3.91. The second kappa shape index (κ2) is 6.89. The van der Waals surface area contributed by atoms with Gasteiger partial charge in [-0.25, -0.2) is 0 Å². The summed E-state index contributed by atoms with van der Waals surface area (Å²) >= 11 is 6.09. The van der Waals surface area contributed by atoms with E-state index in [1.807, 2.05) is 24.3 Å². The lowest BCUT2D eigenvalue weighted by Gasteiger charge is -2.25. The first-order valence-corrected chi connectivity index (χ1v) is 6.84. The van der Waals surface area contributed by atoms with E-state index in [2.05, 4.69) is 5.32 Å². The number of carbonyl (C=O) groups is 1. The van der Waals surface area contributed by atoms with E-state index in [0.717, 1.165) is 18.7 Å². The van der Waals surface area contributed by atoms with E-state index >= 15 is 0 Å². The number of rotatable bonds is 4. The van der Waals surface area contributed by atoms with Crippen molar-refractivity contribution in [3.8, 4) is 0 Å². The summed E-state index contributed by atoms with van der Waals surface area (Å²) in [6.07, 6.45) is 0.392. The maximum Gasteiger partial charge on any atom is 0.225 e. The van der Waals surface area contributed by atoms with Crippen LogP contribution in [0.15, 0.2) is 24.3 Å². The van der Waals surface area contributed by atoms with Gasteiger partial charge >= 0.3 is 0 Å². The molecule has 19 heavy (non-hydrogen) atoms. The van der Waals surface area contributed by atoms with E-state index in [0.29, 0.717) is 24.6 Å². The highest BCUT2D eigenvalue weighted by Gasteiger charge is 2.20. The normalized spacial score (nSPS) is 19.2. The molecule has 1 unspecified atom stereocenters. The first-order valence-electron chi connectivity index (χ1n) is 6.46. The van der Waals surface area contributed by atoms with Gasteiger partial charge in [0.05, 0.1) is 19.1 Å². The average molecular weight is 283 g/mol. The Hall–Kier alpha value is -1.10. The smallest absolute Gasteiger partial charge is 0.225 e. The van der Waals surface area contributed by atoms with Crippen LogP contribution in [0.5, 0.6) is 0 Å². The third-order valence-electron chi connectivity index (χ3n) is 3.20. The van der Waals surface area contributed by atoms with Gasteiger partial charge in [0.15, 0.2) is 0 Å². The lowest BCUT2D eigenvalue weighted by atomic mass is 10.2. The van der Waals surface area contributed by atoms with E-state index in [1.54, 1.807) is 11.9 Å². The van der Waals surface area contributed by atoms with Gasteiger partial charge in [-0.3, -0.25) is 4.79 Å². The Bertz CT molecular complexity index is 433. The molecule has 0 saturated carbocycles. The summed E-state index contributed by atoms with van der Waals surface area (Å²) in [6, 6.07) is 7.58. The Morgan fingerprint density at radius 3 is 3.00 bits per heavy atom. The molecular weight excluding hydrogens is 264 g/mol. The van der Waals surface area contributed by atoms with Gasteiger partial charge in [0.1, 0.15) is 0 Å². The minimum absolute atomic E-state index is 0.0186. The third-order valence-corrected chi connectivity index (χ3v) is 3.57. The van der Waals surface area contributed by atoms with E-state index < -0.39 is 0 Å². The molecule has 0 bridgehead atoms. The number of morpholine rings is 1. The van der Waals surface area contributed by atoms with E-state index in [4.69, 9.17) is 16.3 Å². The highest BCUT2D eigenvalue weighted by atomic mass is 35.5. The Balaban J connectivity index is 1.87. The fourth-order valence-electron chi connectivity index (χ4n) is 2.07. The first kappa shape index (κ1) is 14.3. The van der Waals surface area contributed by atoms with Crippen LogP contribution in [-0.2, 0) is 16.1 Å². The lowest BCUT2D eigenvalue weighted by Crippen LogP contribution is -2.41. The van der Waals surface area contributed by atoms with Crippen molar-refractivity contribution in [2.75, 3.05) is 26.7 Å². The van der Waals surface area contributed by atoms with Crippen LogP contribution in [0.3, 0.4) is 0 Å². The van der Waals surface area contributed by atoms with Gasteiger partial charge in [-0.2, -0.15) is 0 Å². The number of halogens is 1. The number of nitrogens with zero attached hydrogens (tertiary/aromatic N) is 1. The number of benzene rings is 1. The largest absolute Gasteiger partial charge is 0.375 e. The molecule has 1 aliphatic heterocycles. The maximum atomic E-state index is 12.1. The van der Waals surface area contributed by atoms with Crippen molar-refractivity contribution in [1.29, 1.82) is 0 Å². The number of amides is 1. The molecule has 1 aromatic rings. The Morgan fingerprint density at radius 2 is 2.32 bits per heavy atom. The molecule has 0 aliphatic carbocycles. The van der Waals surface area contributed by atoms with E-state index in [9.17, 15) is 4.79 Å². The maximum absolute atomic E-state index is 12.1. The van der Waals surface area contributed by atoms with Crippen LogP contribution in [0.1, 0.15) is 12.0 Å². The van der Waals surface area contributed by atoms with Crippen LogP contribution in [0.25, 0.3) is 0 Å². The van der Waals surface area contributed by atoms with Crippen molar-refractivity contribution >= 4 is 17.5 Å². The summed E-state index contributed by atoms with van der Waals surface area (Å²) < 4.78 is 5.54. The first-order chi connectivity index (χ1) is 9.16. The van der Waals surface area contributed by atoms with Crippen LogP contribution in [0, 0.1) is 0 Å². The zero-order valence-corrected chi connectivity index (χ0v) is 11.8. The molecule has 1 atom stereocenters. The fraction of sp³-hybridized carbons (Fsp3) is 0.500. The van der Waals surface area contributed by atoms with Gasteiger partial charge in [-0.15, -0.1) is 0 Å². The van der Waals surface area contributed by atoms with Gasteiger partial charge in [-0.05, 0) is 11.6 Å². The molecule has 1 N–H and O–H groups in total. The van der Waals surface area contributed by atoms with Crippen LogP contribution in [-0.4, -0.2) is 43.7 Å². The molecule has 4 nitrogen and oxygen atoms in total. The predicted molar refractivity (Wildman–Crippen MR) is 75.2 cm³/mol. The molecule has 0 spiro atoms. The Morgan fingerprint density at radius 1 is 1.53 bits per heavy atom. The molecular formula is C14H19ClN2O2. The summed E-state index contributed by atoms with van der Waals surface area (Å²) in [7, 11) is 1.79. The lowest BCUT2D eigenvalue weighted by molar-refractivity contribution is -0.133. The molecule has 1 saturated heterocycles. The molecule has 1 amide bonds. The molecule has 1 aromatic carbocycles. The molecule has 1 fully saturated rings. The van der Waals surface area contributed by atoms with Crippen LogP contribution in [0.4, 0.5) is 0 Å².